The fraction of sp³-hybridized carbons (Fsp3) is 0.115. The number of carboxylic acids is 1. The van der Waals surface area contributed by atoms with E-state index in [0.29, 0.717) is 12.2 Å². The second-order valence-corrected chi connectivity index (χ2v) is 7.42. The Hall–Kier alpha value is -4.19. The third-order valence-electron chi connectivity index (χ3n) is 5.11. The minimum absolute atomic E-state index is 0.216. The van der Waals surface area contributed by atoms with E-state index in [4.69, 9.17) is 4.74 Å². The number of amides is 1. The summed E-state index contributed by atoms with van der Waals surface area (Å²) in [5.41, 5.74) is 2.27. The fourth-order valence-electron chi connectivity index (χ4n) is 3.39. The summed E-state index contributed by atoms with van der Waals surface area (Å²) in [5.74, 6) is -0.771. The Bertz CT molecular complexity index is 1230. The number of carboxylic acid groups (broad SMARTS) is 1. The number of carbonyl (C=O) groups excluding carboxylic acids is 1. The van der Waals surface area contributed by atoms with Crippen LogP contribution in [0.4, 0.5) is 0 Å². The van der Waals surface area contributed by atoms with Gasteiger partial charge in [-0.05, 0) is 58.3 Å². The van der Waals surface area contributed by atoms with Gasteiger partial charge in [-0.15, -0.1) is 0 Å². The van der Waals surface area contributed by atoms with Gasteiger partial charge in [-0.2, -0.15) is 0 Å². The van der Waals surface area contributed by atoms with Gasteiger partial charge < -0.3 is 15.2 Å². The molecule has 0 aliphatic rings. The quantitative estimate of drug-likeness (QED) is 0.440. The molecule has 0 aliphatic heterocycles. The zero-order chi connectivity index (χ0) is 22.3. The number of ether oxygens (including phenoxy) is 1. The van der Waals surface area contributed by atoms with Crippen molar-refractivity contribution in [1.82, 2.24) is 10.3 Å². The molecule has 3 aromatic carbocycles. The van der Waals surface area contributed by atoms with Crippen LogP contribution < -0.4 is 10.1 Å². The SMILES string of the molecule is O=C(N[C@@H](Cc1ccccc1)C(=O)O)c1ccc2cc(OCc3ccncc3)ccc2c1. The van der Waals surface area contributed by atoms with Crippen LogP contribution in [0, 0.1) is 0 Å². The number of nitrogens with one attached hydrogen (secondary N) is 1. The van der Waals surface area contributed by atoms with E-state index in [1.165, 1.54) is 0 Å². The number of fused-ring (bicyclic) bond motifs is 1. The van der Waals surface area contributed by atoms with Crippen molar-refractivity contribution < 1.29 is 19.4 Å². The summed E-state index contributed by atoms with van der Waals surface area (Å²) >= 11 is 0. The molecule has 1 aromatic heterocycles. The van der Waals surface area contributed by atoms with Crippen LogP contribution >= 0.6 is 0 Å². The predicted octanol–water partition coefficient (Wildman–Crippen LogP) is 4.24. The molecule has 0 saturated carbocycles. The Morgan fingerprint density at radius 1 is 0.875 bits per heavy atom. The van der Waals surface area contributed by atoms with Crippen LogP contribution in [0.1, 0.15) is 21.5 Å². The van der Waals surface area contributed by atoms with Crippen molar-refractivity contribution in [2.24, 2.45) is 0 Å². The zero-order valence-electron chi connectivity index (χ0n) is 17.3. The monoisotopic (exact) mass is 426 g/mol. The van der Waals surface area contributed by atoms with Gasteiger partial charge in [0.25, 0.3) is 5.91 Å². The lowest BCUT2D eigenvalue weighted by atomic mass is 10.0. The molecule has 4 rings (SSSR count). The molecule has 1 amide bonds. The molecule has 1 atom stereocenters. The second-order valence-electron chi connectivity index (χ2n) is 7.42. The maximum absolute atomic E-state index is 12.7. The molecule has 4 aromatic rings. The fourth-order valence-corrected chi connectivity index (χ4v) is 3.39. The lowest BCUT2D eigenvalue weighted by Gasteiger charge is -2.15. The first-order valence-electron chi connectivity index (χ1n) is 10.2. The minimum Gasteiger partial charge on any atom is -0.489 e. The van der Waals surface area contributed by atoms with Crippen LogP contribution in [-0.4, -0.2) is 28.0 Å². The highest BCUT2D eigenvalue weighted by atomic mass is 16.5. The standard InChI is InChI=1S/C26H22N2O4/c29-25(28-24(26(30)31)14-18-4-2-1-3-5-18)22-7-6-21-16-23(9-8-20(21)15-22)32-17-19-10-12-27-13-11-19/h1-13,15-16,24H,14,17H2,(H,28,29)(H,30,31)/t24-/m0/s1. The van der Waals surface area contributed by atoms with Gasteiger partial charge in [0.15, 0.2) is 0 Å². The summed E-state index contributed by atoms with van der Waals surface area (Å²) in [6, 6.07) is 22.9. The largest absolute Gasteiger partial charge is 0.489 e. The van der Waals surface area contributed by atoms with Crippen LogP contribution in [0.3, 0.4) is 0 Å². The number of benzene rings is 3. The molecule has 6 heteroatoms. The van der Waals surface area contributed by atoms with Gasteiger partial charge in [0.1, 0.15) is 18.4 Å². The van der Waals surface area contributed by atoms with Gasteiger partial charge in [0.2, 0.25) is 0 Å². The van der Waals surface area contributed by atoms with Crippen LogP contribution in [0.15, 0.2) is 91.3 Å². The van der Waals surface area contributed by atoms with E-state index in [0.717, 1.165) is 27.6 Å². The predicted molar refractivity (Wildman–Crippen MR) is 122 cm³/mol. The molecule has 2 N–H and O–H groups in total. The summed E-state index contributed by atoms with van der Waals surface area (Å²) in [6.07, 6.45) is 3.66. The van der Waals surface area contributed by atoms with Gasteiger partial charge in [-0.3, -0.25) is 9.78 Å². The molecule has 160 valence electrons. The topological polar surface area (TPSA) is 88.5 Å². The zero-order valence-corrected chi connectivity index (χ0v) is 17.3. The number of hydrogen-bond donors (Lipinski definition) is 2. The van der Waals surface area contributed by atoms with E-state index in [9.17, 15) is 14.7 Å². The minimum atomic E-state index is -1.07. The number of carbonyl (C=O) groups is 2. The van der Waals surface area contributed by atoms with E-state index < -0.39 is 17.9 Å². The molecular formula is C26H22N2O4. The van der Waals surface area contributed by atoms with Gasteiger partial charge in [0.05, 0.1) is 0 Å². The molecule has 0 fully saturated rings. The lowest BCUT2D eigenvalue weighted by Crippen LogP contribution is -2.42. The van der Waals surface area contributed by atoms with Crippen LogP contribution in [-0.2, 0) is 17.8 Å². The summed E-state index contributed by atoms with van der Waals surface area (Å²) < 4.78 is 5.84. The van der Waals surface area contributed by atoms with Crippen LogP contribution in [0.2, 0.25) is 0 Å². The maximum Gasteiger partial charge on any atom is 0.326 e. The summed E-state index contributed by atoms with van der Waals surface area (Å²) in [5, 5.41) is 13.9. The van der Waals surface area contributed by atoms with E-state index in [1.807, 2.05) is 66.7 Å². The molecule has 6 nitrogen and oxygen atoms in total. The molecule has 1 heterocycles. The Labute approximate surface area is 185 Å². The van der Waals surface area contributed by atoms with E-state index in [2.05, 4.69) is 10.3 Å². The van der Waals surface area contributed by atoms with Crippen molar-refractivity contribution >= 4 is 22.6 Å². The summed E-state index contributed by atoms with van der Waals surface area (Å²) in [4.78, 5) is 28.4. The van der Waals surface area contributed by atoms with Crippen LogP contribution in [0.25, 0.3) is 10.8 Å². The number of aliphatic carboxylic acids is 1. The van der Waals surface area contributed by atoms with E-state index in [1.54, 1.807) is 24.5 Å². The average Bonchev–Trinajstić information content (AvgIpc) is 2.83. The van der Waals surface area contributed by atoms with Crippen molar-refractivity contribution in [1.29, 1.82) is 0 Å². The lowest BCUT2D eigenvalue weighted by molar-refractivity contribution is -0.139. The molecule has 0 aliphatic carbocycles. The Balaban J connectivity index is 1.45. The molecule has 0 bridgehead atoms. The molecule has 0 saturated heterocycles. The highest BCUT2D eigenvalue weighted by Crippen LogP contribution is 2.23. The molecule has 0 unspecified atom stereocenters. The van der Waals surface area contributed by atoms with E-state index >= 15 is 0 Å². The summed E-state index contributed by atoms with van der Waals surface area (Å²) in [7, 11) is 0. The molecular weight excluding hydrogens is 404 g/mol. The first-order chi connectivity index (χ1) is 15.6. The third-order valence-corrected chi connectivity index (χ3v) is 5.11. The van der Waals surface area contributed by atoms with Crippen molar-refractivity contribution in [3.05, 3.63) is 108 Å². The van der Waals surface area contributed by atoms with Crippen LogP contribution in [0.5, 0.6) is 5.75 Å². The van der Waals surface area contributed by atoms with Gasteiger partial charge in [0, 0.05) is 24.4 Å². The Morgan fingerprint density at radius 2 is 1.59 bits per heavy atom. The first kappa shape index (κ1) is 21.1. The molecule has 32 heavy (non-hydrogen) atoms. The second kappa shape index (κ2) is 9.75. The number of aromatic nitrogens is 1. The maximum atomic E-state index is 12.7. The number of hydrogen-bond acceptors (Lipinski definition) is 4. The highest BCUT2D eigenvalue weighted by molar-refractivity contribution is 6.00. The molecule has 0 spiro atoms. The van der Waals surface area contributed by atoms with Crippen molar-refractivity contribution in [2.45, 2.75) is 19.1 Å². The normalized spacial score (nSPS) is 11.6. The highest BCUT2D eigenvalue weighted by Gasteiger charge is 2.21. The van der Waals surface area contributed by atoms with Crippen molar-refractivity contribution in [3.63, 3.8) is 0 Å². The smallest absolute Gasteiger partial charge is 0.326 e. The number of pyridine rings is 1. The first-order valence-corrected chi connectivity index (χ1v) is 10.2. The van der Waals surface area contributed by atoms with Gasteiger partial charge in [-0.25, -0.2) is 4.79 Å². The van der Waals surface area contributed by atoms with E-state index in [-0.39, 0.29) is 6.42 Å². The van der Waals surface area contributed by atoms with Gasteiger partial charge >= 0.3 is 5.97 Å². The third kappa shape index (κ3) is 5.29. The summed E-state index contributed by atoms with van der Waals surface area (Å²) in [6.45, 7) is 0.437. The Kier molecular flexibility index (Phi) is 6.41. The van der Waals surface area contributed by atoms with Crippen molar-refractivity contribution in [2.75, 3.05) is 0 Å². The number of rotatable bonds is 8. The van der Waals surface area contributed by atoms with Crippen molar-refractivity contribution in [3.8, 4) is 5.75 Å². The number of nitrogens with zero attached hydrogens (tertiary/aromatic N) is 1. The Morgan fingerprint density at radius 3 is 2.34 bits per heavy atom. The average molecular weight is 426 g/mol. The van der Waals surface area contributed by atoms with Gasteiger partial charge in [-0.1, -0.05) is 42.5 Å². The molecule has 0 radical (unpaired) electrons.